The summed E-state index contributed by atoms with van der Waals surface area (Å²) in [5.41, 5.74) is 1.85. The second kappa shape index (κ2) is 5.93. The van der Waals surface area contributed by atoms with Gasteiger partial charge in [-0.15, -0.1) is 0 Å². The number of ether oxygens (including phenoxy) is 1. The molecule has 0 saturated carbocycles. The molecule has 104 valence electrons. The molecule has 0 spiro atoms. The van der Waals surface area contributed by atoms with Crippen molar-refractivity contribution in [3.05, 3.63) is 18.2 Å². The van der Waals surface area contributed by atoms with E-state index in [-0.39, 0.29) is 5.91 Å². The Morgan fingerprint density at radius 3 is 2.53 bits per heavy atom. The number of amides is 1. The lowest BCUT2D eigenvalue weighted by molar-refractivity contribution is -0.114. The molecule has 5 nitrogen and oxygen atoms in total. The average Bonchev–Trinajstić information content (AvgIpc) is 2.39. The van der Waals surface area contributed by atoms with Crippen LogP contribution >= 0.6 is 0 Å². The fourth-order valence-electron chi connectivity index (χ4n) is 2.23. The summed E-state index contributed by atoms with van der Waals surface area (Å²) < 4.78 is 5.35. The zero-order valence-corrected chi connectivity index (χ0v) is 11.8. The molecule has 1 saturated heterocycles. The van der Waals surface area contributed by atoms with Crippen molar-refractivity contribution in [2.75, 3.05) is 50.6 Å². The number of methoxy groups -OCH3 is 1. The van der Waals surface area contributed by atoms with Gasteiger partial charge in [-0.1, -0.05) is 0 Å². The third-order valence-corrected chi connectivity index (χ3v) is 3.36. The van der Waals surface area contributed by atoms with E-state index in [1.807, 2.05) is 18.2 Å². The minimum atomic E-state index is -0.0920. The number of anilines is 2. The number of carbonyl (C=O) groups excluding carboxylic acids is 1. The Labute approximate surface area is 114 Å². The maximum absolute atomic E-state index is 11.1. The molecule has 1 N–H and O–H groups in total. The van der Waals surface area contributed by atoms with Gasteiger partial charge in [0.25, 0.3) is 0 Å². The van der Waals surface area contributed by atoms with E-state index in [1.54, 1.807) is 7.11 Å². The molecule has 0 aliphatic carbocycles. The maximum atomic E-state index is 11.1. The summed E-state index contributed by atoms with van der Waals surface area (Å²) in [5, 5.41) is 2.77. The standard InChI is InChI=1S/C14H21N3O2/c1-11(18)15-13-5-4-12(10-14(13)19-3)17-8-6-16(2)7-9-17/h4-5,10H,6-9H2,1-3H3,(H,15,18). The third-order valence-electron chi connectivity index (χ3n) is 3.36. The van der Waals surface area contributed by atoms with Crippen molar-refractivity contribution in [3.63, 3.8) is 0 Å². The molecule has 0 atom stereocenters. The van der Waals surface area contributed by atoms with Crippen LogP contribution < -0.4 is 15.0 Å². The molecule has 1 fully saturated rings. The number of piperazine rings is 1. The zero-order valence-electron chi connectivity index (χ0n) is 11.8. The molecule has 19 heavy (non-hydrogen) atoms. The van der Waals surface area contributed by atoms with E-state index in [1.165, 1.54) is 6.92 Å². The van der Waals surface area contributed by atoms with Crippen LogP contribution in [0.5, 0.6) is 5.75 Å². The molecular weight excluding hydrogens is 242 g/mol. The van der Waals surface area contributed by atoms with Gasteiger partial charge in [-0.25, -0.2) is 0 Å². The first-order valence-corrected chi connectivity index (χ1v) is 6.49. The lowest BCUT2D eigenvalue weighted by atomic mass is 10.2. The number of nitrogens with zero attached hydrogens (tertiary/aromatic N) is 2. The maximum Gasteiger partial charge on any atom is 0.221 e. The zero-order chi connectivity index (χ0) is 13.8. The minimum absolute atomic E-state index is 0.0920. The summed E-state index contributed by atoms with van der Waals surface area (Å²) in [6, 6.07) is 5.91. The molecule has 5 heteroatoms. The van der Waals surface area contributed by atoms with E-state index in [9.17, 15) is 4.79 Å². The predicted octanol–water partition coefficient (Wildman–Crippen LogP) is 1.41. The molecule has 0 radical (unpaired) electrons. The second-order valence-corrected chi connectivity index (χ2v) is 4.86. The second-order valence-electron chi connectivity index (χ2n) is 4.86. The summed E-state index contributed by atoms with van der Waals surface area (Å²) in [6.45, 7) is 5.65. The third kappa shape index (κ3) is 3.38. The van der Waals surface area contributed by atoms with Crippen LogP contribution in [-0.2, 0) is 4.79 Å². The highest BCUT2D eigenvalue weighted by Crippen LogP contribution is 2.30. The Hall–Kier alpha value is -1.75. The van der Waals surface area contributed by atoms with Gasteiger partial charge in [-0.3, -0.25) is 4.79 Å². The molecule has 1 amide bonds. The lowest BCUT2D eigenvalue weighted by Crippen LogP contribution is -2.44. The summed E-state index contributed by atoms with van der Waals surface area (Å²) in [4.78, 5) is 15.8. The Balaban J connectivity index is 2.16. The van der Waals surface area contributed by atoms with Gasteiger partial charge in [0.2, 0.25) is 5.91 Å². The molecule has 0 aromatic heterocycles. The molecule has 2 rings (SSSR count). The first-order chi connectivity index (χ1) is 9.10. The molecule has 1 heterocycles. The van der Waals surface area contributed by atoms with Gasteiger partial charge in [-0.05, 0) is 19.2 Å². The van der Waals surface area contributed by atoms with Gasteiger partial charge < -0.3 is 19.9 Å². The molecule has 1 aliphatic heterocycles. The van der Waals surface area contributed by atoms with Gasteiger partial charge in [0.05, 0.1) is 12.8 Å². The predicted molar refractivity (Wildman–Crippen MR) is 77.0 cm³/mol. The number of nitrogens with one attached hydrogen (secondary N) is 1. The Kier molecular flexibility index (Phi) is 4.27. The van der Waals surface area contributed by atoms with Crippen LogP contribution in [0.4, 0.5) is 11.4 Å². The summed E-state index contributed by atoms with van der Waals surface area (Å²) in [7, 11) is 3.76. The number of rotatable bonds is 3. The van der Waals surface area contributed by atoms with Crippen molar-refractivity contribution in [2.45, 2.75) is 6.92 Å². The SMILES string of the molecule is COc1cc(N2CCN(C)CC2)ccc1NC(C)=O. The summed E-state index contributed by atoms with van der Waals surface area (Å²) in [5.74, 6) is 0.609. The van der Waals surface area contributed by atoms with Crippen LogP contribution in [0.1, 0.15) is 6.92 Å². The molecule has 1 aliphatic rings. The van der Waals surface area contributed by atoms with Gasteiger partial charge in [0.1, 0.15) is 5.75 Å². The van der Waals surface area contributed by atoms with E-state index in [2.05, 4.69) is 22.2 Å². The van der Waals surface area contributed by atoms with E-state index >= 15 is 0 Å². The fraction of sp³-hybridized carbons (Fsp3) is 0.500. The number of hydrogen-bond acceptors (Lipinski definition) is 4. The summed E-state index contributed by atoms with van der Waals surface area (Å²) >= 11 is 0. The number of hydrogen-bond donors (Lipinski definition) is 1. The van der Waals surface area contributed by atoms with Crippen LogP contribution in [0, 0.1) is 0 Å². The van der Waals surface area contributed by atoms with Crippen molar-refractivity contribution in [1.82, 2.24) is 4.90 Å². The smallest absolute Gasteiger partial charge is 0.221 e. The van der Waals surface area contributed by atoms with Crippen LogP contribution in [0.15, 0.2) is 18.2 Å². The van der Waals surface area contributed by atoms with Gasteiger partial charge in [0.15, 0.2) is 0 Å². The highest BCUT2D eigenvalue weighted by molar-refractivity contribution is 5.90. The largest absolute Gasteiger partial charge is 0.494 e. The Morgan fingerprint density at radius 2 is 1.95 bits per heavy atom. The highest BCUT2D eigenvalue weighted by atomic mass is 16.5. The van der Waals surface area contributed by atoms with Gasteiger partial charge >= 0.3 is 0 Å². The van der Waals surface area contributed by atoms with Crippen LogP contribution in [-0.4, -0.2) is 51.1 Å². The number of benzene rings is 1. The van der Waals surface area contributed by atoms with Crippen molar-refractivity contribution in [2.24, 2.45) is 0 Å². The first-order valence-electron chi connectivity index (χ1n) is 6.49. The van der Waals surface area contributed by atoms with Gasteiger partial charge in [0, 0.05) is 44.9 Å². The fourth-order valence-corrected chi connectivity index (χ4v) is 2.23. The lowest BCUT2D eigenvalue weighted by Gasteiger charge is -2.34. The van der Waals surface area contributed by atoms with E-state index < -0.39 is 0 Å². The van der Waals surface area contributed by atoms with Crippen molar-refractivity contribution in [1.29, 1.82) is 0 Å². The number of carbonyl (C=O) groups is 1. The minimum Gasteiger partial charge on any atom is -0.494 e. The van der Waals surface area contributed by atoms with Crippen molar-refractivity contribution in [3.8, 4) is 5.75 Å². The topological polar surface area (TPSA) is 44.8 Å². The van der Waals surface area contributed by atoms with Crippen molar-refractivity contribution < 1.29 is 9.53 Å². The van der Waals surface area contributed by atoms with E-state index in [4.69, 9.17) is 4.74 Å². The quantitative estimate of drug-likeness (QED) is 0.895. The molecule has 1 aromatic rings. The Bertz CT molecular complexity index is 454. The molecule has 1 aromatic carbocycles. The van der Waals surface area contributed by atoms with Gasteiger partial charge in [-0.2, -0.15) is 0 Å². The molecule has 0 bridgehead atoms. The van der Waals surface area contributed by atoms with Crippen molar-refractivity contribution >= 4 is 17.3 Å². The van der Waals surface area contributed by atoms with Crippen LogP contribution in [0.2, 0.25) is 0 Å². The Morgan fingerprint density at radius 1 is 1.26 bits per heavy atom. The average molecular weight is 263 g/mol. The summed E-state index contributed by atoms with van der Waals surface area (Å²) in [6.07, 6.45) is 0. The normalized spacial score (nSPS) is 16.3. The first kappa shape index (κ1) is 13.7. The van der Waals surface area contributed by atoms with Crippen LogP contribution in [0.3, 0.4) is 0 Å². The monoisotopic (exact) mass is 263 g/mol. The van der Waals surface area contributed by atoms with E-state index in [0.717, 1.165) is 31.9 Å². The highest BCUT2D eigenvalue weighted by Gasteiger charge is 2.16. The van der Waals surface area contributed by atoms with Crippen LogP contribution in [0.25, 0.3) is 0 Å². The molecular formula is C14H21N3O2. The number of likely N-dealkylation sites (N-methyl/N-ethyl adjacent to an activating group) is 1. The van der Waals surface area contributed by atoms with E-state index in [0.29, 0.717) is 11.4 Å². The molecule has 0 unspecified atom stereocenters.